The Bertz CT molecular complexity index is 298. The molecule has 0 amide bonds. The molecule has 0 heterocycles. The first kappa shape index (κ1) is 8.73. The molecule has 0 spiro atoms. The molecule has 1 aliphatic carbocycles. The van der Waals surface area contributed by atoms with Gasteiger partial charge in [-0.2, -0.15) is 0 Å². The van der Waals surface area contributed by atoms with Crippen LogP contribution >= 0.6 is 0 Å². The van der Waals surface area contributed by atoms with E-state index in [0.29, 0.717) is 0 Å². The number of nitrogens with two attached hydrogens (primary N) is 1. The zero-order chi connectivity index (χ0) is 9.26. The maximum Gasteiger partial charge on any atom is 0.0767 e. The van der Waals surface area contributed by atoms with Crippen molar-refractivity contribution in [3.05, 3.63) is 35.4 Å². The quantitative estimate of drug-likeness (QED) is 0.708. The van der Waals surface area contributed by atoms with Crippen LogP contribution < -0.4 is 5.73 Å². The first-order valence-corrected chi connectivity index (χ1v) is 4.69. The number of benzene rings is 1. The summed E-state index contributed by atoms with van der Waals surface area (Å²) in [4.78, 5) is 0. The van der Waals surface area contributed by atoms with Crippen molar-refractivity contribution in [2.45, 2.75) is 25.0 Å². The molecule has 0 unspecified atom stereocenters. The van der Waals surface area contributed by atoms with Crippen LogP contribution in [0.15, 0.2) is 24.3 Å². The van der Waals surface area contributed by atoms with Crippen molar-refractivity contribution in [3.63, 3.8) is 0 Å². The lowest BCUT2D eigenvalue weighted by Gasteiger charge is -2.29. The Hall–Kier alpha value is -0.860. The van der Waals surface area contributed by atoms with Crippen LogP contribution in [0.25, 0.3) is 0 Å². The number of methoxy groups -OCH3 is 1. The van der Waals surface area contributed by atoms with Gasteiger partial charge in [-0.15, -0.1) is 0 Å². The SMILES string of the molecule is CO[C@@H]1CCc2ccccc2[C@H]1N. The lowest BCUT2D eigenvalue weighted by molar-refractivity contribution is 0.0678. The van der Waals surface area contributed by atoms with Gasteiger partial charge in [-0.05, 0) is 24.0 Å². The largest absolute Gasteiger partial charge is 0.379 e. The molecule has 0 radical (unpaired) electrons. The van der Waals surface area contributed by atoms with Gasteiger partial charge >= 0.3 is 0 Å². The van der Waals surface area contributed by atoms with Gasteiger partial charge in [-0.25, -0.2) is 0 Å². The molecular weight excluding hydrogens is 162 g/mol. The predicted octanol–water partition coefficient (Wildman–Crippen LogP) is 1.65. The van der Waals surface area contributed by atoms with Crippen LogP contribution in [-0.4, -0.2) is 13.2 Å². The minimum Gasteiger partial charge on any atom is -0.379 e. The van der Waals surface area contributed by atoms with Gasteiger partial charge in [-0.1, -0.05) is 24.3 Å². The number of ether oxygens (including phenoxy) is 1. The van der Waals surface area contributed by atoms with E-state index >= 15 is 0 Å². The second-order valence-corrected chi connectivity index (χ2v) is 3.54. The van der Waals surface area contributed by atoms with Crippen LogP contribution in [0.2, 0.25) is 0 Å². The summed E-state index contributed by atoms with van der Waals surface area (Å²) in [7, 11) is 1.73. The fourth-order valence-electron chi connectivity index (χ4n) is 2.03. The van der Waals surface area contributed by atoms with E-state index in [1.807, 2.05) is 6.07 Å². The Balaban J connectivity index is 2.33. The van der Waals surface area contributed by atoms with Crippen LogP contribution in [0, 0.1) is 0 Å². The standard InChI is InChI=1S/C11H15NO/c1-13-10-7-6-8-4-2-3-5-9(8)11(10)12/h2-5,10-11H,6-7,12H2,1H3/t10-,11-/m1/s1. The van der Waals surface area contributed by atoms with E-state index in [-0.39, 0.29) is 12.1 Å². The van der Waals surface area contributed by atoms with Gasteiger partial charge in [0.2, 0.25) is 0 Å². The first-order chi connectivity index (χ1) is 6.33. The molecule has 2 atom stereocenters. The highest BCUT2D eigenvalue weighted by molar-refractivity contribution is 5.33. The second-order valence-electron chi connectivity index (χ2n) is 3.54. The maximum absolute atomic E-state index is 6.08. The summed E-state index contributed by atoms with van der Waals surface area (Å²) in [5.41, 5.74) is 8.70. The van der Waals surface area contributed by atoms with Crippen molar-refractivity contribution >= 4 is 0 Å². The van der Waals surface area contributed by atoms with E-state index < -0.39 is 0 Å². The van der Waals surface area contributed by atoms with Crippen molar-refractivity contribution in [2.75, 3.05) is 7.11 Å². The fraction of sp³-hybridized carbons (Fsp3) is 0.455. The molecule has 1 aliphatic rings. The van der Waals surface area contributed by atoms with Crippen LogP contribution in [0.1, 0.15) is 23.6 Å². The average Bonchev–Trinajstić information content (AvgIpc) is 2.19. The van der Waals surface area contributed by atoms with Crippen molar-refractivity contribution in [2.24, 2.45) is 5.73 Å². The molecule has 0 aromatic heterocycles. The Kier molecular flexibility index (Phi) is 2.34. The zero-order valence-corrected chi connectivity index (χ0v) is 7.86. The summed E-state index contributed by atoms with van der Waals surface area (Å²) in [6.45, 7) is 0. The molecule has 0 aliphatic heterocycles. The molecule has 0 bridgehead atoms. The van der Waals surface area contributed by atoms with Gasteiger partial charge in [0, 0.05) is 7.11 Å². The van der Waals surface area contributed by atoms with Crippen LogP contribution in [0.3, 0.4) is 0 Å². The van der Waals surface area contributed by atoms with Gasteiger partial charge in [0.25, 0.3) is 0 Å². The first-order valence-electron chi connectivity index (χ1n) is 4.69. The Labute approximate surface area is 78.7 Å². The van der Waals surface area contributed by atoms with E-state index in [1.54, 1.807) is 7.11 Å². The normalized spacial score (nSPS) is 26.9. The number of aryl methyl sites for hydroxylation is 1. The zero-order valence-electron chi connectivity index (χ0n) is 7.86. The summed E-state index contributed by atoms with van der Waals surface area (Å²) in [5, 5.41) is 0. The third-order valence-corrected chi connectivity index (χ3v) is 2.82. The smallest absolute Gasteiger partial charge is 0.0767 e. The van der Waals surface area contributed by atoms with E-state index in [9.17, 15) is 0 Å². The fourth-order valence-corrected chi connectivity index (χ4v) is 2.03. The second kappa shape index (κ2) is 3.48. The van der Waals surface area contributed by atoms with Crippen LogP contribution in [0.4, 0.5) is 0 Å². The van der Waals surface area contributed by atoms with Gasteiger partial charge in [0.1, 0.15) is 0 Å². The molecule has 2 heteroatoms. The van der Waals surface area contributed by atoms with E-state index in [2.05, 4.69) is 18.2 Å². The van der Waals surface area contributed by atoms with Gasteiger partial charge in [-0.3, -0.25) is 0 Å². The Morgan fingerprint density at radius 3 is 2.92 bits per heavy atom. The molecule has 0 saturated heterocycles. The van der Waals surface area contributed by atoms with E-state index in [0.717, 1.165) is 12.8 Å². The van der Waals surface area contributed by atoms with Crippen molar-refractivity contribution in [1.82, 2.24) is 0 Å². The van der Waals surface area contributed by atoms with Crippen molar-refractivity contribution in [1.29, 1.82) is 0 Å². The summed E-state index contributed by atoms with van der Waals surface area (Å²) < 4.78 is 5.34. The lowest BCUT2D eigenvalue weighted by Crippen LogP contribution is -2.32. The van der Waals surface area contributed by atoms with E-state index in [1.165, 1.54) is 11.1 Å². The predicted molar refractivity (Wildman–Crippen MR) is 52.5 cm³/mol. The molecule has 0 fully saturated rings. The highest BCUT2D eigenvalue weighted by atomic mass is 16.5. The van der Waals surface area contributed by atoms with Gasteiger partial charge < -0.3 is 10.5 Å². The van der Waals surface area contributed by atoms with Crippen molar-refractivity contribution < 1.29 is 4.74 Å². The molecular formula is C11H15NO. The molecule has 2 nitrogen and oxygen atoms in total. The average molecular weight is 177 g/mol. The molecule has 13 heavy (non-hydrogen) atoms. The number of rotatable bonds is 1. The van der Waals surface area contributed by atoms with Gasteiger partial charge in [0.15, 0.2) is 0 Å². The molecule has 0 saturated carbocycles. The Morgan fingerprint density at radius 2 is 2.15 bits per heavy atom. The number of hydrogen-bond donors (Lipinski definition) is 1. The van der Waals surface area contributed by atoms with Gasteiger partial charge in [0.05, 0.1) is 12.1 Å². The van der Waals surface area contributed by atoms with E-state index in [4.69, 9.17) is 10.5 Å². The minimum absolute atomic E-state index is 0.0509. The molecule has 70 valence electrons. The summed E-state index contributed by atoms with van der Waals surface area (Å²) in [6, 6.07) is 8.41. The number of fused-ring (bicyclic) bond motifs is 1. The minimum atomic E-state index is 0.0509. The van der Waals surface area contributed by atoms with Crippen LogP contribution in [-0.2, 0) is 11.2 Å². The highest BCUT2D eigenvalue weighted by Crippen LogP contribution is 2.29. The molecule has 1 aromatic carbocycles. The number of hydrogen-bond acceptors (Lipinski definition) is 2. The molecule has 2 rings (SSSR count). The lowest BCUT2D eigenvalue weighted by atomic mass is 9.86. The summed E-state index contributed by atoms with van der Waals surface area (Å²) in [5.74, 6) is 0. The molecule has 2 N–H and O–H groups in total. The maximum atomic E-state index is 6.08. The third kappa shape index (κ3) is 1.47. The monoisotopic (exact) mass is 177 g/mol. The third-order valence-electron chi connectivity index (χ3n) is 2.82. The van der Waals surface area contributed by atoms with Crippen molar-refractivity contribution in [3.8, 4) is 0 Å². The summed E-state index contributed by atoms with van der Waals surface area (Å²) in [6.07, 6.45) is 2.31. The van der Waals surface area contributed by atoms with Crippen LogP contribution in [0.5, 0.6) is 0 Å². The topological polar surface area (TPSA) is 35.2 Å². The highest BCUT2D eigenvalue weighted by Gasteiger charge is 2.25. The summed E-state index contributed by atoms with van der Waals surface area (Å²) >= 11 is 0. The Morgan fingerprint density at radius 1 is 1.38 bits per heavy atom. The molecule has 1 aromatic rings.